The maximum atomic E-state index is 12.0. The number of rotatable bonds is 5. The van der Waals surface area contributed by atoms with E-state index >= 15 is 0 Å². The van der Waals surface area contributed by atoms with Gasteiger partial charge in [0.1, 0.15) is 4.90 Å². The lowest BCUT2D eigenvalue weighted by Gasteiger charge is -2.14. The van der Waals surface area contributed by atoms with Crippen molar-refractivity contribution in [3.05, 3.63) is 84.5 Å². The third-order valence-electron chi connectivity index (χ3n) is 4.12. The summed E-state index contributed by atoms with van der Waals surface area (Å²) in [6, 6.07) is 13.9. The van der Waals surface area contributed by atoms with Crippen molar-refractivity contribution < 1.29 is 22.8 Å². The SMILES string of the molecule is O=[N+]([O-])c1ccc(-c2c(-c3ccc(I)cc3)cccc2S(=O)(=O)O)c([N+](=O)[O-])c1. The lowest BCUT2D eigenvalue weighted by molar-refractivity contribution is -0.393. The second kappa shape index (κ2) is 7.85. The predicted molar refractivity (Wildman–Crippen MR) is 113 cm³/mol. The normalized spacial score (nSPS) is 11.2. The first-order chi connectivity index (χ1) is 13.6. The summed E-state index contributed by atoms with van der Waals surface area (Å²) in [6.45, 7) is 0. The Morgan fingerprint density at radius 3 is 2.07 bits per heavy atom. The van der Waals surface area contributed by atoms with Crippen molar-refractivity contribution in [2.75, 3.05) is 0 Å². The number of benzene rings is 3. The van der Waals surface area contributed by atoms with Gasteiger partial charge in [-0.1, -0.05) is 24.3 Å². The molecule has 11 heteroatoms. The van der Waals surface area contributed by atoms with E-state index < -0.39 is 36.2 Å². The van der Waals surface area contributed by atoms with E-state index in [-0.39, 0.29) is 11.1 Å². The van der Waals surface area contributed by atoms with Crippen molar-refractivity contribution in [2.24, 2.45) is 0 Å². The predicted octanol–water partition coefficient (Wildman–Crippen LogP) is 4.69. The smallest absolute Gasteiger partial charge is 0.282 e. The van der Waals surface area contributed by atoms with E-state index in [4.69, 9.17) is 0 Å². The number of non-ortho nitro benzene ring substituents is 1. The van der Waals surface area contributed by atoms with Crippen LogP contribution in [0, 0.1) is 23.8 Å². The first kappa shape index (κ1) is 20.8. The Hall–Kier alpha value is -2.90. The minimum Gasteiger partial charge on any atom is -0.282 e. The van der Waals surface area contributed by atoms with Gasteiger partial charge in [0, 0.05) is 15.2 Å². The van der Waals surface area contributed by atoms with Crippen LogP contribution in [-0.2, 0) is 10.1 Å². The van der Waals surface area contributed by atoms with Crippen LogP contribution in [0.3, 0.4) is 0 Å². The lowest BCUT2D eigenvalue weighted by Crippen LogP contribution is -2.04. The van der Waals surface area contributed by atoms with Crippen molar-refractivity contribution >= 4 is 44.1 Å². The molecule has 0 saturated heterocycles. The summed E-state index contributed by atoms with van der Waals surface area (Å²) in [5, 5.41) is 22.6. The third kappa shape index (κ3) is 4.26. The van der Waals surface area contributed by atoms with Crippen molar-refractivity contribution in [2.45, 2.75) is 4.90 Å². The summed E-state index contributed by atoms with van der Waals surface area (Å²) >= 11 is 2.09. The van der Waals surface area contributed by atoms with Gasteiger partial charge in [0.2, 0.25) is 0 Å². The zero-order chi connectivity index (χ0) is 21.3. The van der Waals surface area contributed by atoms with Gasteiger partial charge in [0.25, 0.3) is 21.5 Å². The standard InChI is InChI=1S/C18H11IN2O7S/c19-12-6-4-11(5-7-12)14-2-1-3-17(29(26,27)28)18(14)15-9-8-13(20(22)23)10-16(15)21(24)25/h1-10H,(H,26,27,28). The molecule has 0 heterocycles. The summed E-state index contributed by atoms with van der Waals surface area (Å²) in [5.41, 5.74) is -0.574. The summed E-state index contributed by atoms with van der Waals surface area (Å²) < 4.78 is 34.6. The highest BCUT2D eigenvalue weighted by atomic mass is 127. The Kier molecular flexibility index (Phi) is 5.64. The molecule has 0 radical (unpaired) electrons. The molecule has 1 N–H and O–H groups in total. The monoisotopic (exact) mass is 526 g/mol. The Balaban J connectivity index is 2.43. The van der Waals surface area contributed by atoms with Crippen LogP contribution in [0.2, 0.25) is 0 Å². The summed E-state index contributed by atoms with van der Waals surface area (Å²) in [6.07, 6.45) is 0. The van der Waals surface area contributed by atoms with Gasteiger partial charge in [0.15, 0.2) is 0 Å². The topological polar surface area (TPSA) is 141 Å². The van der Waals surface area contributed by atoms with E-state index in [1.165, 1.54) is 6.07 Å². The van der Waals surface area contributed by atoms with Crippen LogP contribution in [0.15, 0.2) is 65.6 Å². The van der Waals surface area contributed by atoms with E-state index in [1.54, 1.807) is 30.3 Å². The number of nitro benzene ring substituents is 2. The van der Waals surface area contributed by atoms with Crippen LogP contribution >= 0.6 is 22.6 Å². The highest BCUT2D eigenvalue weighted by Gasteiger charge is 2.28. The third-order valence-corrected chi connectivity index (χ3v) is 5.73. The van der Waals surface area contributed by atoms with Crippen LogP contribution in [-0.4, -0.2) is 22.8 Å². The van der Waals surface area contributed by atoms with E-state index in [2.05, 4.69) is 22.6 Å². The Morgan fingerprint density at radius 1 is 0.862 bits per heavy atom. The maximum absolute atomic E-state index is 12.0. The fraction of sp³-hybridized carbons (Fsp3) is 0. The van der Waals surface area contributed by atoms with Crippen LogP contribution in [0.4, 0.5) is 11.4 Å². The molecule has 0 amide bonds. The van der Waals surface area contributed by atoms with Crippen molar-refractivity contribution in [3.63, 3.8) is 0 Å². The minimum atomic E-state index is -4.75. The van der Waals surface area contributed by atoms with Gasteiger partial charge in [0.05, 0.1) is 21.5 Å². The van der Waals surface area contributed by atoms with Gasteiger partial charge in [-0.2, -0.15) is 8.42 Å². The van der Waals surface area contributed by atoms with E-state index in [0.29, 0.717) is 11.1 Å². The Morgan fingerprint density at radius 2 is 1.52 bits per heavy atom. The molecule has 0 spiro atoms. The molecular formula is C18H11IN2O7S. The molecule has 29 heavy (non-hydrogen) atoms. The molecule has 0 bridgehead atoms. The fourth-order valence-electron chi connectivity index (χ4n) is 2.89. The zero-order valence-corrected chi connectivity index (χ0v) is 17.3. The Labute approximate surface area is 178 Å². The summed E-state index contributed by atoms with van der Waals surface area (Å²) in [4.78, 5) is 20.5. The molecule has 0 unspecified atom stereocenters. The molecule has 0 aliphatic carbocycles. The highest BCUT2D eigenvalue weighted by Crippen LogP contribution is 2.42. The maximum Gasteiger partial charge on any atom is 0.295 e. The van der Waals surface area contributed by atoms with E-state index in [9.17, 15) is 33.2 Å². The second-order valence-electron chi connectivity index (χ2n) is 5.88. The molecule has 3 aromatic rings. The van der Waals surface area contributed by atoms with Crippen molar-refractivity contribution in [3.8, 4) is 22.3 Å². The van der Waals surface area contributed by atoms with E-state index in [1.807, 2.05) is 0 Å². The van der Waals surface area contributed by atoms with Gasteiger partial charge in [-0.25, -0.2) is 0 Å². The summed E-state index contributed by atoms with van der Waals surface area (Å²) in [7, 11) is -4.75. The number of halogens is 1. The average Bonchev–Trinajstić information content (AvgIpc) is 2.66. The van der Waals surface area contributed by atoms with Crippen LogP contribution in [0.1, 0.15) is 0 Å². The number of hydrogen-bond acceptors (Lipinski definition) is 6. The largest absolute Gasteiger partial charge is 0.295 e. The lowest BCUT2D eigenvalue weighted by atomic mass is 9.93. The van der Waals surface area contributed by atoms with Gasteiger partial charge in [-0.15, -0.1) is 0 Å². The van der Waals surface area contributed by atoms with Gasteiger partial charge in [-0.3, -0.25) is 24.8 Å². The van der Waals surface area contributed by atoms with Crippen LogP contribution < -0.4 is 0 Å². The number of nitro groups is 2. The quantitative estimate of drug-likeness (QED) is 0.220. The van der Waals surface area contributed by atoms with Gasteiger partial charge in [-0.05, 0) is 58.0 Å². The molecule has 0 aliphatic rings. The van der Waals surface area contributed by atoms with Crippen LogP contribution in [0.5, 0.6) is 0 Å². The summed E-state index contributed by atoms with van der Waals surface area (Å²) in [5.74, 6) is 0. The second-order valence-corrected chi connectivity index (χ2v) is 8.51. The molecule has 0 fully saturated rings. The molecule has 3 aromatic carbocycles. The highest BCUT2D eigenvalue weighted by molar-refractivity contribution is 14.1. The molecule has 3 rings (SSSR count). The minimum absolute atomic E-state index is 0.113. The fourth-order valence-corrected chi connectivity index (χ4v) is 3.98. The van der Waals surface area contributed by atoms with Gasteiger partial charge >= 0.3 is 0 Å². The molecular weight excluding hydrogens is 515 g/mol. The first-order valence-electron chi connectivity index (χ1n) is 7.89. The molecule has 9 nitrogen and oxygen atoms in total. The molecule has 0 saturated carbocycles. The van der Waals surface area contributed by atoms with Crippen molar-refractivity contribution in [1.29, 1.82) is 0 Å². The zero-order valence-electron chi connectivity index (χ0n) is 14.4. The molecule has 0 aromatic heterocycles. The molecule has 0 atom stereocenters. The first-order valence-corrected chi connectivity index (χ1v) is 10.4. The number of hydrogen-bond donors (Lipinski definition) is 1. The number of nitrogens with zero attached hydrogens (tertiary/aromatic N) is 2. The van der Waals surface area contributed by atoms with E-state index in [0.717, 1.165) is 27.8 Å². The van der Waals surface area contributed by atoms with Crippen LogP contribution in [0.25, 0.3) is 22.3 Å². The molecule has 148 valence electrons. The molecule has 0 aliphatic heterocycles. The Bertz CT molecular complexity index is 1240. The average molecular weight is 526 g/mol. The van der Waals surface area contributed by atoms with Crippen molar-refractivity contribution in [1.82, 2.24) is 0 Å². The van der Waals surface area contributed by atoms with Gasteiger partial charge < -0.3 is 0 Å².